The summed E-state index contributed by atoms with van der Waals surface area (Å²) in [7, 11) is 0. The summed E-state index contributed by atoms with van der Waals surface area (Å²) in [6.07, 6.45) is 5.85. The average Bonchev–Trinajstić information content (AvgIpc) is 2.89. The largest absolute Gasteiger partial charge is 0.357 e. The molecule has 1 N–H and O–H groups in total. The van der Waals surface area contributed by atoms with E-state index in [9.17, 15) is 4.79 Å². The van der Waals surface area contributed by atoms with E-state index in [1.54, 1.807) is 0 Å². The number of carbonyl (C=O) groups excluding carboxylic acids is 1. The summed E-state index contributed by atoms with van der Waals surface area (Å²) in [6.45, 7) is 4.59. The van der Waals surface area contributed by atoms with Crippen LogP contribution in [0.15, 0.2) is 72.9 Å². The molecule has 1 saturated heterocycles. The third kappa shape index (κ3) is 4.79. The summed E-state index contributed by atoms with van der Waals surface area (Å²) in [4.78, 5) is 24.8. The zero-order valence-corrected chi connectivity index (χ0v) is 19.6. The Morgan fingerprint density at radius 1 is 0.971 bits per heavy atom. The van der Waals surface area contributed by atoms with E-state index in [0.717, 1.165) is 57.8 Å². The second-order valence-electron chi connectivity index (χ2n) is 8.96. The minimum absolute atomic E-state index is 0.00584. The van der Waals surface area contributed by atoms with E-state index in [-0.39, 0.29) is 12.3 Å². The van der Waals surface area contributed by atoms with Gasteiger partial charge in [-0.25, -0.2) is 4.98 Å². The number of anilines is 1. The molecular formula is C29H30N4O. The number of piperidine rings is 1. The lowest BCUT2D eigenvalue weighted by Gasteiger charge is -2.27. The lowest BCUT2D eigenvalue weighted by Crippen LogP contribution is -2.30. The fourth-order valence-electron chi connectivity index (χ4n) is 4.82. The molecule has 34 heavy (non-hydrogen) atoms. The Balaban J connectivity index is 1.37. The van der Waals surface area contributed by atoms with Crippen molar-refractivity contribution in [3.63, 3.8) is 0 Å². The zero-order valence-electron chi connectivity index (χ0n) is 19.6. The van der Waals surface area contributed by atoms with Crippen molar-refractivity contribution < 1.29 is 4.79 Å². The summed E-state index contributed by atoms with van der Waals surface area (Å²) in [5, 5.41) is 4.19. The minimum atomic E-state index is -0.00584. The van der Waals surface area contributed by atoms with Crippen molar-refractivity contribution in [3.8, 4) is 11.1 Å². The van der Waals surface area contributed by atoms with Gasteiger partial charge in [0.25, 0.3) is 0 Å². The molecule has 0 saturated carbocycles. The van der Waals surface area contributed by atoms with Gasteiger partial charge in [0, 0.05) is 36.9 Å². The third-order valence-electron chi connectivity index (χ3n) is 6.58. The van der Waals surface area contributed by atoms with Gasteiger partial charge in [-0.2, -0.15) is 0 Å². The Hall–Kier alpha value is -3.73. The number of benzene rings is 2. The molecule has 1 aliphatic heterocycles. The Morgan fingerprint density at radius 2 is 1.74 bits per heavy atom. The lowest BCUT2D eigenvalue weighted by atomic mass is 9.92. The van der Waals surface area contributed by atoms with E-state index in [2.05, 4.69) is 39.5 Å². The fourth-order valence-corrected chi connectivity index (χ4v) is 4.82. The zero-order chi connectivity index (χ0) is 23.3. The summed E-state index contributed by atoms with van der Waals surface area (Å²) in [6, 6.07) is 22.5. The van der Waals surface area contributed by atoms with Gasteiger partial charge >= 0.3 is 0 Å². The maximum atomic E-state index is 13.1. The predicted octanol–water partition coefficient (Wildman–Crippen LogP) is 5.45. The number of rotatable bonds is 6. The van der Waals surface area contributed by atoms with Gasteiger partial charge < -0.3 is 10.2 Å². The monoisotopic (exact) mass is 450 g/mol. The van der Waals surface area contributed by atoms with Crippen molar-refractivity contribution in [3.05, 3.63) is 89.7 Å². The van der Waals surface area contributed by atoms with Crippen LogP contribution in [0.1, 0.15) is 36.1 Å². The van der Waals surface area contributed by atoms with Crippen molar-refractivity contribution in [1.82, 2.24) is 15.3 Å². The highest BCUT2D eigenvalue weighted by atomic mass is 16.1. The number of fused-ring (bicyclic) bond motifs is 1. The smallest absolute Gasteiger partial charge is 0.224 e. The number of hydrogen-bond acceptors (Lipinski definition) is 4. The van der Waals surface area contributed by atoms with E-state index in [1.165, 1.54) is 19.3 Å². The van der Waals surface area contributed by atoms with Gasteiger partial charge in [0.2, 0.25) is 5.91 Å². The molecule has 172 valence electrons. The molecule has 1 fully saturated rings. The van der Waals surface area contributed by atoms with Crippen LogP contribution in [0.25, 0.3) is 22.0 Å². The van der Waals surface area contributed by atoms with Crippen LogP contribution in [0, 0.1) is 6.92 Å². The number of aromatic nitrogens is 2. The standard InChI is InChI=1S/C29H30N4O/c1-21-25(29(23-10-4-2-5-11-23)24-12-6-7-13-26(24)32-21)19-28(34)31-20-22-14-15-30-27(18-22)33-16-8-3-9-17-33/h2,4-7,10-15,18H,3,8-9,16-17,19-20H2,1H3,(H,31,34). The summed E-state index contributed by atoms with van der Waals surface area (Å²) < 4.78 is 0. The Morgan fingerprint density at radius 3 is 2.56 bits per heavy atom. The van der Waals surface area contributed by atoms with E-state index in [1.807, 2.05) is 55.6 Å². The molecule has 1 aliphatic rings. The molecule has 3 heterocycles. The first-order chi connectivity index (χ1) is 16.7. The molecule has 0 aliphatic carbocycles. The number of pyridine rings is 2. The van der Waals surface area contributed by atoms with Crippen LogP contribution >= 0.6 is 0 Å². The number of nitrogens with one attached hydrogen (secondary N) is 1. The molecule has 1 amide bonds. The summed E-state index contributed by atoms with van der Waals surface area (Å²) in [5.41, 5.74) is 6.09. The first-order valence-corrected chi connectivity index (χ1v) is 12.1. The van der Waals surface area contributed by atoms with Crippen LogP contribution in [0.2, 0.25) is 0 Å². The number of aryl methyl sites for hydroxylation is 1. The molecule has 0 bridgehead atoms. The van der Waals surface area contributed by atoms with Crippen molar-refractivity contribution in [2.45, 2.75) is 39.2 Å². The van der Waals surface area contributed by atoms with E-state index in [0.29, 0.717) is 6.54 Å². The number of amides is 1. The maximum Gasteiger partial charge on any atom is 0.224 e. The second-order valence-corrected chi connectivity index (χ2v) is 8.96. The summed E-state index contributed by atoms with van der Waals surface area (Å²) >= 11 is 0. The average molecular weight is 451 g/mol. The lowest BCUT2D eigenvalue weighted by molar-refractivity contribution is -0.120. The third-order valence-corrected chi connectivity index (χ3v) is 6.58. The van der Waals surface area contributed by atoms with Crippen LogP contribution < -0.4 is 10.2 Å². The first kappa shape index (κ1) is 22.1. The Labute approximate surface area is 200 Å². The van der Waals surface area contributed by atoms with Crippen molar-refractivity contribution in [2.75, 3.05) is 18.0 Å². The van der Waals surface area contributed by atoms with Crippen LogP contribution in [-0.4, -0.2) is 29.0 Å². The highest BCUT2D eigenvalue weighted by Crippen LogP contribution is 2.33. The van der Waals surface area contributed by atoms with Gasteiger partial charge in [0.1, 0.15) is 5.82 Å². The van der Waals surface area contributed by atoms with Gasteiger partial charge in [0.15, 0.2) is 0 Å². The molecule has 0 unspecified atom stereocenters. The molecule has 0 radical (unpaired) electrons. The van der Waals surface area contributed by atoms with Crippen LogP contribution in [-0.2, 0) is 17.8 Å². The molecule has 5 nitrogen and oxygen atoms in total. The molecule has 0 spiro atoms. The van der Waals surface area contributed by atoms with Crippen LogP contribution in [0.3, 0.4) is 0 Å². The van der Waals surface area contributed by atoms with Gasteiger partial charge in [0.05, 0.1) is 11.9 Å². The van der Waals surface area contributed by atoms with Gasteiger partial charge in [-0.1, -0.05) is 48.5 Å². The normalized spacial score (nSPS) is 13.7. The van der Waals surface area contributed by atoms with Crippen molar-refractivity contribution in [1.29, 1.82) is 0 Å². The number of carbonyl (C=O) groups is 1. The molecular weight excluding hydrogens is 420 g/mol. The van der Waals surface area contributed by atoms with Gasteiger partial charge in [-0.15, -0.1) is 0 Å². The van der Waals surface area contributed by atoms with Crippen LogP contribution in [0.5, 0.6) is 0 Å². The summed E-state index contributed by atoms with van der Waals surface area (Å²) in [5.74, 6) is 1.00. The highest BCUT2D eigenvalue weighted by molar-refractivity contribution is 5.98. The SMILES string of the molecule is Cc1nc2ccccc2c(-c2ccccc2)c1CC(=O)NCc1ccnc(N2CCCCC2)c1. The first-order valence-electron chi connectivity index (χ1n) is 12.1. The topological polar surface area (TPSA) is 58.1 Å². The Kier molecular flexibility index (Phi) is 6.52. The number of hydrogen-bond donors (Lipinski definition) is 1. The molecule has 2 aromatic carbocycles. The molecule has 0 atom stereocenters. The highest BCUT2D eigenvalue weighted by Gasteiger charge is 2.17. The quantitative estimate of drug-likeness (QED) is 0.424. The second kappa shape index (κ2) is 10.0. The van der Waals surface area contributed by atoms with Crippen LogP contribution in [0.4, 0.5) is 5.82 Å². The maximum absolute atomic E-state index is 13.1. The van der Waals surface area contributed by atoms with Gasteiger partial charge in [-0.05, 0) is 66.6 Å². The van der Waals surface area contributed by atoms with Gasteiger partial charge in [-0.3, -0.25) is 9.78 Å². The fraction of sp³-hybridized carbons (Fsp3) is 0.276. The Bertz CT molecular complexity index is 1300. The van der Waals surface area contributed by atoms with E-state index >= 15 is 0 Å². The van der Waals surface area contributed by atoms with E-state index in [4.69, 9.17) is 4.98 Å². The minimum Gasteiger partial charge on any atom is -0.357 e. The van der Waals surface area contributed by atoms with E-state index < -0.39 is 0 Å². The molecule has 5 rings (SSSR count). The molecule has 2 aromatic heterocycles. The van der Waals surface area contributed by atoms with Crippen molar-refractivity contribution >= 4 is 22.6 Å². The number of para-hydroxylation sites is 1. The predicted molar refractivity (Wildman–Crippen MR) is 138 cm³/mol. The molecule has 5 heteroatoms. The van der Waals surface area contributed by atoms with Crippen molar-refractivity contribution in [2.24, 2.45) is 0 Å². The molecule has 4 aromatic rings. The number of nitrogens with zero attached hydrogens (tertiary/aromatic N) is 3.